The Labute approximate surface area is 171 Å². The summed E-state index contributed by atoms with van der Waals surface area (Å²) in [7, 11) is 0. The van der Waals surface area contributed by atoms with Crippen molar-refractivity contribution in [2.75, 3.05) is 0 Å². The maximum atomic E-state index is 12.7. The van der Waals surface area contributed by atoms with Crippen molar-refractivity contribution >= 4 is 17.6 Å². The van der Waals surface area contributed by atoms with E-state index in [-0.39, 0.29) is 17.1 Å². The van der Waals surface area contributed by atoms with Crippen LogP contribution in [0.15, 0.2) is 60.2 Å². The Kier molecular flexibility index (Phi) is 5.06. The lowest BCUT2D eigenvalue weighted by Gasteiger charge is -2.11. The Morgan fingerprint density at radius 2 is 1.52 bits per heavy atom. The molecule has 4 rings (SSSR count). The minimum absolute atomic E-state index is 0.185. The van der Waals surface area contributed by atoms with E-state index in [9.17, 15) is 9.59 Å². The van der Waals surface area contributed by atoms with Crippen LogP contribution < -0.4 is 0 Å². The zero-order chi connectivity index (χ0) is 20.5. The lowest BCUT2D eigenvalue weighted by atomic mass is 10.1. The molecule has 146 valence electrons. The van der Waals surface area contributed by atoms with E-state index in [1.807, 2.05) is 19.9 Å². The predicted molar refractivity (Wildman–Crippen MR) is 117 cm³/mol. The van der Waals surface area contributed by atoms with E-state index in [1.54, 1.807) is 30.3 Å². The molecule has 0 spiro atoms. The van der Waals surface area contributed by atoms with Gasteiger partial charge >= 0.3 is 0 Å². The van der Waals surface area contributed by atoms with Crippen LogP contribution in [0.5, 0.6) is 0 Å². The topological polar surface area (TPSA) is 39.1 Å². The van der Waals surface area contributed by atoms with Gasteiger partial charge in [-0.25, -0.2) is 0 Å². The quantitative estimate of drug-likeness (QED) is 0.406. The van der Waals surface area contributed by atoms with Crippen molar-refractivity contribution in [1.29, 1.82) is 0 Å². The molecule has 0 saturated heterocycles. The zero-order valence-corrected chi connectivity index (χ0v) is 17.2. The second-order valence-corrected chi connectivity index (χ2v) is 7.69. The highest BCUT2D eigenvalue weighted by Gasteiger charge is 2.32. The van der Waals surface area contributed by atoms with Crippen LogP contribution >= 0.6 is 0 Å². The molecule has 0 N–H and O–H groups in total. The van der Waals surface area contributed by atoms with Crippen molar-refractivity contribution in [3.8, 4) is 5.69 Å². The molecule has 3 aromatic rings. The van der Waals surface area contributed by atoms with Crippen molar-refractivity contribution in [3.63, 3.8) is 0 Å². The number of allylic oxidation sites excluding steroid dienone is 1. The Bertz CT molecular complexity index is 1090. The van der Waals surface area contributed by atoms with Gasteiger partial charge in [0.05, 0.1) is 5.57 Å². The minimum Gasteiger partial charge on any atom is -0.318 e. The standard InChI is InChI=1S/C26H25NO2/c1-4-5-8-19-11-13-21(14-12-19)27-17(2)15-20(18(27)3)16-24-25(28)22-9-6-7-10-23(22)26(24)29/h6-7,9-16H,4-5,8H2,1-3H3. The third-order valence-electron chi connectivity index (χ3n) is 5.69. The number of unbranched alkanes of at least 4 members (excludes halogenated alkanes) is 1. The molecule has 1 heterocycles. The number of rotatable bonds is 5. The maximum absolute atomic E-state index is 12.7. The highest BCUT2D eigenvalue weighted by atomic mass is 16.2. The Morgan fingerprint density at radius 1 is 0.897 bits per heavy atom. The SMILES string of the molecule is CCCCc1ccc(-n2c(C)cc(C=C3C(=O)c4ccccc4C3=O)c2C)cc1. The molecular formula is C26H25NO2. The molecule has 0 aliphatic heterocycles. The second kappa shape index (κ2) is 7.67. The predicted octanol–water partition coefficient (Wildman–Crippen LogP) is 5.90. The number of Topliss-reactive ketones (excluding diaryl/α,β-unsaturated/α-hetero) is 2. The van der Waals surface area contributed by atoms with Gasteiger partial charge in [0.2, 0.25) is 0 Å². The van der Waals surface area contributed by atoms with Crippen LogP contribution in [0.3, 0.4) is 0 Å². The first-order chi connectivity index (χ1) is 14.0. The van der Waals surface area contributed by atoms with E-state index in [1.165, 1.54) is 18.4 Å². The molecule has 1 aliphatic rings. The lowest BCUT2D eigenvalue weighted by Crippen LogP contribution is -2.01. The zero-order valence-electron chi connectivity index (χ0n) is 17.2. The molecule has 1 aromatic heterocycles. The van der Waals surface area contributed by atoms with Gasteiger partial charge in [-0.15, -0.1) is 0 Å². The van der Waals surface area contributed by atoms with Crippen molar-refractivity contribution in [2.45, 2.75) is 40.0 Å². The number of carbonyl (C=O) groups is 2. The summed E-state index contributed by atoms with van der Waals surface area (Å²) in [6, 6.07) is 17.7. The van der Waals surface area contributed by atoms with E-state index in [0.29, 0.717) is 11.1 Å². The van der Waals surface area contributed by atoms with Gasteiger partial charge in [0.25, 0.3) is 0 Å². The summed E-state index contributed by atoms with van der Waals surface area (Å²) in [4.78, 5) is 25.4. The van der Waals surface area contributed by atoms with E-state index < -0.39 is 0 Å². The highest BCUT2D eigenvalue weighted by molar-refractivity contribution is 6.41. The third-order valence-corrected chi connectivity index (χ3v) is 5.69. The fourth-order valence-electron chi connectivity index (χ4n) is 4.08. The van der Waals surface area contributed by atoms with Crippen LogP contribution in [-0.2, 0) is 6.42 Å². The fraction of sp³-hybridized carbons (Fsp3) is 0.231. The molecule has 2 aromatic carbocycles. The first-order valence-corrected chi connectivity index (χ1v) is 10.2. The average molecular weight is 383 g/mol. The van der Waals surface area contributed by atoms with Crippen molar-refractivity contribution in [1.82, 2.24) is 4.57 Å². The van der Waals surface area contributed by atoms with E-state index in [2.05, 4.69) is 35.8 Å². The Morgan fingerprint density at radius 3 is 2.10 bits per heavy atom. The number of hydrogen-bond donors (Lipinski definition) is 0. The van der Waals surface area contributed by atoms with Crippen LogP contribution in [0.1, 0.15) is 63.0 Å². The van der Waals surface area contributed by atoms with Crippen molar-refractivity contribution in [3.05, 3.63) is 93.8 Å². The van der Waals surface area contributed by atoms with Gasteiger partial charge in [-0.1, -0.05) is 49.7 Å². The molecule has 0 radical (unpaired) electrons. The van der Waals surface area contributed by atoms with Gasteiger partial charge in [-0.2, -0.15) is 0 Å². The average Bonchev–Trinajstić information content (AvgIpc) is 3.15. The third kappa shape index (κ3) is 3.38. The van der Waals surface area contributed by atoms with Gasteiger partial charge in [0.15, 0.2) is 11.6 Å². The summed E-state index contributed by atoms with van der Waals surface area (Å²) >= 11 is 0. The molecule has 0 amide bonds. The molecule has 0 atom stereocenters. The van der Waals surface area contributed by atoms with Crippen molar-refractivity contribution < 1.29 is 9.59 Å². The number of ketones is 2. The Balaban J connectivity index is 1.69. The molecule has 29 heavy (non-hydrogen) atoms. The number of aryl methyl sites for hydroxylation is 2. The first-order valence-electron chi connectivity index (χ1n) is 10.2. The number of hydrogen-bond acceptors (Lipinski definition) is 2. The van der Waals surface area contributed by atoms with Crippen LogP contribution in [0.25, 0.3) is 11.8 Å². The summed E-state index contributed by atoms with van der Waals surface area (Å²) in [5.74, 6) is -0.369. The molecule has 3 heteroatoms. The first kappa shape index (κ1) is 19.1. The number of carbonyl (C=O) groups excluding carboxylic acids is 2. The molecule has 1 aliphatic carbocycles. The van der Waals surface area contributed by atoms with Crippen LogP contribution in [0, 0.1) is 13.8 Å². The molecular weight excluding hydrogens is 358 g/mol. The number of fused-ring (bicyclic) bond motifs is 1. The normalized spacial score (nSPS) is 13.1. The Hall–Kier alpha value is -3.20. The largest absolute Gasteiger partial charge is 0.318 e. The maximum Gasteiger partial charge on any atom is 0.197 e. The van der Waals surface area contributed by atoms with Crippen LogP contribution in [-0.4, -0.2) is 16.1 Å². The molecule has 0 saturated carbocycles. The second-order valence-electron chi connectivity index (χ2n) is 7.69. The molecule has 0 unspecified atom stereocenters. The van der Waals surface area contributed by atoms with Crippen LogP contribution in [0.2, 0.25) is 0 Å². The van der Waals surface area contributed by atoms with Crippen molar-refractivity contribution in [2.24, 2.45) is 0 Å². The van der Waals surface area contributed by atoms with E-state index >= 15 is 0 Å². The lowest BCUT2D eigenvalue weighted by molar-refractivity contribution is 0.0990. The van der Waals surface area contributed by atoms with Gasteiger partial charge in [0.1, 0.15) is 0 Å². The monoisotopic (exact) mass is 383 g/mol. The van der Waals surface area contributed by atoms with Gasteiger partial charge in [-0.3, -0.25) is 9.59 Å². The molecule has 3 nitrogen and oxygen atoms in total. The summed E-state index contributed by atoms with van der Waals surface area (Å²) < 4.78 is 2.17. The minimum atomic E-state index is -0.185. The van der Waals surface area contributed by atoms with Gasteiger partial charge in [-0.05, 0) is 62.1 Å². The molecule has 0 fully saturated rings. The summed E-state index contributed by atoms with van der Waals surface area (Å²) in [6.07, 6.45) is 5.24. The van der Waals surface area contributed by atoms with E-state index in [4.69, 9.17) is 0 Å². The number of benzene rings is 2. The number of aromatic nitrogens is 1. The summed E-state index contributed by atoms with van der Waals surface area (Å²) in [5.41, 5.74) is 6.69. The molecule has 0 bridgehead atoms. The summed E-state index contributed by atoms with van der Waals surface area (Å²) in [6.45, 7) is 6.28. The fourth-order valence-corrected chi connectivity index (χ4v) is 4.08. The highest BCUT2D eigenvalue weighted by Crippen LogP contribution is 2.30. The van der Waals surface area contributed by atoms with Crippen LogP contribution in [0.4, 0.5) is 0 Å². The smallest absolute Gasteiger partial charge is 0.197 e. The van der Waals surface area contributed by atoms with E-state index in [0.717, 1.165) is 29.1 Å². The number of nitrogens with zero attached hydrogens (tertiary/aromatic N) is 1. The van der Waals surface area contributed by atoms with Gasteiger partial charge < -0.3 is 4.57 Å². The van der Waals surface area contributed by atoms with Gasteiger partial charge in [0, 0.05) is 28.2 Å². The summed E-state index contributed by atoms with van der Waals surface area (Å²) in [5, 5.41) is 0.